The molecule has 0 aromatic carbocycles. The number of unbranched alkanes of at least 4 members (excludes halogenated alkanes) is 22. The molecular weight excluding hydrogens is 552 g/mol. The van der Waals surface area contributed by atoms with Gasteiger partial charge in [-0.15, -0.1) is 0 Å². The third-order valence-electron chi connectivity index (χ3n) is 6.92. The van der Waals surface area contributed by atoms with Gasteiger partial charge in [0, 0.05) is 29.2 Å². The molecule has 0 heterocycles. The Bertz CT molecular complexity index is 596. The zero-order chi connectivity index (χ0) is 29.8. The summed E-state index contributed by atoms with van der Waals surface area (Å²) in [6.07, 6.45) is 45.4. The Balaban J connectivity index is -0.000000688. The first-order chi connectivity index (χ1) is 19.5. The monoisotopic (exact) mass is 616 g/mol. The van der Waals surface area contributed by atoms with E-state index < -0.39 is 11.9 Å². The molecule has 0 spiro atoms. The number of carbonyl (C=O) groups is 2. The Kier molecular flexibility index (Phi) is 43.4. The number of allylic oxidation sites excluding steroid dienone is 6. The number of aliphatic carboxylic acids is 2. The minimum absolute atomic E-state index is 0. The van der Waals surface area contributed by atoms with Crippen molar-refractivity contribution in [3.63, 3.8) is 0 Å². The Morgan fingerprint density at radius 1 is 0.415 bits per heavy atom. The Morgan fingerprint density at radius 3 is 0.902 bits per heavy atom. The average molecular weight is 617 g/mol. The van der Waals surface area contributed by atoms with Crippen LogP contribution in [-0.4, -0.2) is 22.2 Å². The summed E-state index contributed by atoms with van der Waals surface area (Å²) >= 11 is 0. The van der Waals surface area contributed by atoms with Gasteiger partial charge < -0.3 is 10.2 Å². The Morgan fingerprint density at radius 2 is 0.659 bits per heavy atom. The van der Waals surface area contributed by atoms with E-state index >= 15 is 0 Å². The number of hydrogen-bond acceptors (Lipinski definition) is 2. The van der Waals surface area contributed by atoms with Gasteiger partial charge in [0.05, 0.1) is 0 Å². The first-order valence-corrected chi connectivity index (χ1v) is 16.7. The Hall–Kier alpha value is -1.58. The number of carboxylic acids is 2. The molecule has 0 saturated heterocycles. The fourth-order valence-electron chi connectivity index (χ4n) is 4.48. The second-order valence-corrected chi connectivity index (χ2v) is 10.9. The summed E-state index contributed by atoms with van der Waals surface area (Å²) in [5.74, 6) is -1.77. The fourth-order valence-corrected chi connectivity index (χ4v) is 4.48. The maximum absolute atomic E-state index is 10.2. The fraction of sp³-hybridized carbons (Fsp3) is 0.722. The van der Waals surface area contributed by atoms with Crippen LogP contribution in [0.3, 0.4) is 0 Å². The van der Waals surface area contributed by atoms with Gasteiger partial charge in [-0.05, 0) is 25.7 Å². The summed E-state index contributed by atoms with van der Waals surface area (Å²) < 4.78 is 0. The molecule has 41 heavy (non-hydrogen) atoms. The second kappa shape index (κ2) is 40.6. The molecule has 0 aromatic heterocycles. The first kappa shape index (κ1) is 43.9. The molecular formula is C36H64FeO4. The van der Waals surface area contributed by atoms with E-state index in [1.54, 1.807) is 12.2 Å². The van der Waals surface area contributed by atoms with Crippen LogP contribution in [-0.2, 0) is 26.7 Å². The van der Waals surface area contributed by atoms with Crippen molar-refractivity contribution in [2.75, 3.05) is 0 Å². The van der Waals surface area contributed by atoms with Crippen molar-refractivity contribution in [3.05, 3.63) is 48.6 Å². The van der Waals surface area contributed by atoms with Gasteiger partial charge in [-0.2, -0.15) is 0 Å². The van der Waals surface area contributed by atoms with Crippen LogP contribution in [0.5, 0.6) is 0 Å². The summed E-state index contributed by atoms with van der Waals surface area (Å²) in [7, 11) is 0. The largest absolute Gasteiger partial charge is 0.478 e. The molecule has 0 radical (unpaired) electrons. The molecule has 4 nitrogen and oxygen atoms in total. The van der Waals surface area contributed by atoms with Gasteiger partial charge in [0.15, 0.2) is 0 Å². The van der Waals surface area contributed by atoms with Crippen LogP contribution >= 0.6 is 0 Å². The predicted molar refractivity (Wildman–Crippen MR) is 174 cm³/mol. The Labute approximate surface area is 264 Å². The van der Waals surface area contributed by atoms with Crippen molar-refractivity contribution in [3.8, 4) is 0 Å². The maximum Gasteiger partial charge on any atom is 0.328 e. The van der Waals surface area contributed by atoms with Gasteiger partial charge in [-0.25, -0.2) is 9.59 Å². The number of hydrogen-bond donors (Lipinski definition) is 2. The molecule has 0 bridgehead atoms. The van der Waals surface area contributed by atoms with Crippen molar-refractivity contribution >= 4 is 11.9 Å². The van der Waals surface area contributed by atoms with Gasteiger partial charge in [-0.3, -0.25) is 0 Å². The summed E-state index contributed by atoms with van der Waals surface area (Å²) in [4.78, 5) is 20.4. The predicted octanol–water partition coefficient (Wildman–Crippen LogP) is 11.8. The van der Waals surface area contributed by atoms with E-state index in [0.29, 0.717) is 0 Å². The minimum Gasteiger partial charge on any atom is -0.478 e. The van der Waals surface area contributed by atoms with Gasteiger partial charge >= 0.3 is 11.9 Å². The van der Waals surface area contributed by atoms with E-state index in [2.05, 4.69) is 13.8 Å². The average Bonchev–Trinajstić information content (AvgIpc) is 2.93. The van der Waals surface area contributed by atoms with Crippen molar-refractivity contribution in [1.82, 2.24) is 0 Å². The summed E-state index contributed by atoms with van der Waals surface area (Å²) in [5.41, 5.74) is 0. The van der Waals surface area contributed by atoms with Gasteiger partial charge in [-0.1, -0.05) is 179 Å². The normalized spacial score (nSPS) is 11.4. The molecule has 0 aliphatic rings. The number of rotatable bonds is 28. The molecule has 0 amide bonds. The van der Waals surface area contributed by atoms with E-state index in [9.17, 15) is 9.59 Å². The quantitative estimate of drug-likeness (QED) is 0.0397. The molecule has 2 N–H and O–H groups in total. The first-order valence-electron chi connectivity index (χ1n) is 16.7. The maximum atomic E-state index is 10.2. The van der Waals surface area contributed by atoms with Gasteiger partial charge in [0.2, 0.25) is 0 Å². The van der Waals surface area contributed by atoms with E-state index in [1.165, 1.54) is 141 Å². The molecule has 0 fully saturated rings. The van der Waals surface area contributed by atoms with Crippen molar-refractivity contribution < 1.29 is 36.9 Å². The zero-order valence-corrected chi connectivity index (χ0v) is 27.8. The zero-order valence-electron chi connectivity index (χ0n) is 26.7. The van der Waals surface area contributed by atoms with Crippen LogP contribution in [0.25, 0.3) is 0 Å². The van der Waals surface area contributed by atoms with Crippen LogP contribution < -0.4 is 0 Å². The van der Waals surface area contributed by atoms with Crippen molar-refractivity contribution in [2.45, 2.75) is 168 Å². The molecule has 0 aliphatic carbocycles. The van der Waals surface area contributed by atoms with Crippen LogP contribution in [0.2, 0.25) is 0 Å². The van der Waals surface area contributed by atoms with E-state index in [-0.39, 0.29) is 17.1 Å². The third-order valence-corrected chi connectivity index (χ3v) is 6.92. The van der Waals surface area contributed by atoms with Crippen LogP contribution in [0.4, 0.5) is 0 Å². The van der Waals surface area contributed by atoms with Gasteiger partial charge in [0.1, 0.15) is 0 Å². The standard InChI is InChI=1S/2C18H32O2.Fe/c2*1-2-3-4-5-6-7-8-9-10-11-12-13-14-15-16-17-18(19)20;/h2*14-17H,2-13H2,1H3,(H,19,20);. The number of carboxylic acid groups (broad SMARTS) is 2. The smallest absolute Gasteiger partial charge is 0.328 e. The van der Waals surface area contributed by atoms with Crippen LogP contribution in [0.1, 0.15) is 168 Å². The molecule has 0 aromatic rings. The molecule has 0 unspecified atom stereocenters. The third kappa shape index (κ3) is 48.5. The van der Waals surface area contributed by atoms with Crippen molar-refractivity contribution in [2.24, 2.45) is 0 Å². The van der Waals surface area contributed by atoms with E-state index in [0.717, 1.165) is 25.0 Å². The van der Waals surface area contributed by atoms with E-state index in [4.69, 9.17) is 10.2 Å². The summed E-state index contributed by atoms with van der Waals surface area (Å²) in [5, 5.41) is 16.8. The van der Waals surface area contributed by atoms with Crippen LogP contribution in [0, 0.1) is 0 Å². The van der Waals surface area contributed by atoms with Crippen molar-refractivity contribution in [1.29, 1.82) is 0 Å². The SMILES string of the molecule is CCCCCCCCCCCCCC=CC=CC(=O)O.CCCCCCCCCCCCCC=CC=CC(=O)O.[Fe]. The molecule has 0 saturated carbocycles. The van der Waals surface area contributed by atoms with Crippen LogP contribution in [0.15, 0.2) is 48.6 Å². The summed E-state index contributed by atoms with van der Waals surface area (Å²) in [6, 6.07) is 0. The second-order valence-electron chi connectivity index (χ2n) is 10.9. The molecule has 0 rings (SSSR count). The molecule has 240 valence electrons. The summed E-state index contributed by atoms with van der Waals surface area (Å²) in [6.45, 7) is 4.52. The van der Waals surface area contributed by atoms with Gasteiger partial charge in [0.25, 0.3) is 0 Å². The molecule has 0 atom stereocenters. The molecule has 0 aliphatic heterocycles. The molecule has 5 heteroatoms. The minimum atomic E-state index is -0.885. The topological polar surface area (TPSA) is 74.6 Å². The van der Waals surface area contributed by atoms with E-state index in [1.807, 2.05) is 24.3 Å².